The molecule has 1 aromatic rings. The molecule has 2 heteroatoms. The summed E-state index contributed by atoms with van der Waals surface area (Å²) in [5, 5.41) is 3.61. The minimum atomic E-state index is 0.287. The first kappa shape index (κ1) is 14.4. The topological polar surface area (TPSA) is 21.3 Å². The lowest BCUT2D eigenvalue weighted by molar-refractivity contribution is 0.140. The van der Waals surface area contributed by atoms with Crippen molar-refractivity contribution in [3.05, 3.63) is 29.3 Å². The summed E-state index contributed by atoms with van der Waals surface area (Å²) in [4.78, 5) is 0. The van der Waals surface area contributed by atoms with Crippen LogP contribution in [0.5, 0.6) is 5.75 Å². The maximum atomic E-state index is 6.33. The Kier molecular flexibility index (Phi) is 4.19. The molecule has 2 atom stereocenters. The lowest BCUT2D eigenvalue weighted by Gasteiger charge is -2.31. The second kappa shape index (κ2) is 5.54. The molecule has 0 amide bonds. The SMILES string of the molecule is CCNC1C(Oc2cccc(C)c2C)CCC1(C)C. The van der Waals surface area contributed by atoms with Gasteiger partial charge in [-0.15, -0.1) is 0 Å². The van der Waals surface area contributed by atoms with Gasteiger partial charge in [-0.25, -0.2) is 0 Å². The van der Waals surface area contributed by atoms with E-state index in [1.165, 1.54) is 17.5 Å². The van der Waals surface area contributed by atoms with Gasteiger partial charge >= 0.3 is 0 Å². The van der Waals surface area contributed by atoms with Crippen LogP contribution in [-0.2, 0) is 0 Å². The van der Waals surface area contributed by atoms with Gasteiger partial charge in [0.05, 0.1) is 0 Å². The number of hydrogen-bond acceptors (Lipinski definition) is 2. The van der Waals surface area contributed by atoms with Gasteiger partial charge in [0.25, 0.3) is 0 Å². The van der Waals surface area contributed by atoms with E-state index in [0.717, 1.165) is 18.7 Å². The highest BCUT2D eigenvalue weighted by atomic mass is 16.5. The van der Waals surface area contributed by atoms with Gasteiger partial charge < -0.3 is 10.1 Å². The van der Waals surface area contributed by atoms with Gasteiger partial charge in [-0.1, -0.05) is 32.9 Å². The van der Waals surface area contributed by atoms with Crippen LogP contribution in [0.1, 0.15) is 44.7 Å². The van der Waals surface area contributed by atoms with Crippen LogP contribution in [-0.4, -0.2) is 18.7 Å². The van der Waals surface area contributed by atoms with E-state index in [-0.39, 0.29) is 6.10 Å². The smallest absolute Gasteiger partial charge is 0.122 e. The highest BCUT2D eigenvalue weighted by Gasteiger charge is 2.42. The van der Waals surface area contributed by atoms with Crippen LogP contribution in [0.3, 0.4) is 0 Å². The standard InChI is InChI=1S/C17H27NO/c1-6-18-16-15(10-11-17(16,4)5)19-14-9-7-8-12(2)13(14)3/h7-9,15-16,18H,6,10-11H2,1-5H3. The quantitative estimate of drug-likeness (QED) is 0.889. The fourth-order valence-electron chi connectivity index (χ4n) is 3.11. The van der Waals surface area contributed by atoms with Crippen LogP contribution >= 0.6 is 0 Å². The molecule has 0 radical (unpaired) electrons. The Morgan fingerprint density at radius 2 is 2.05 bits per heavy atom. The summed E-state index contributed by atoms with van der Waals surface area (Å²) >= 11 is 0. The Balaban J connectivity index is 2.16. The van der Waals surface area contributed by atoms with E-state index < -0.39 is 0 Å². The third-order valence-electron chi connectivity index (χ3n) is 4.54. The van der Waals surface area contributed by atoms with Crippen LogP contribution in [0.15, 0.2) is 18.2 Å². The average molecular weight is 261 g/mol. The second-order valence-corrected chi connectivity index (χ2v) is 6.42. The summed E-state index contributed by atoms with van der Waals surface area (Å²) in [6, 6.07) is 6.76. The Morgan fingerprint density at radius 1 is 1.32 bits per heavy atom. The van der Waals surface area contributed by atoms with Gasteiger partial charge in [-0.05, 0) is 55.8 Å². The summed E-state index contributed by atoms with van der Waals surface area (Å²) < 4.78 is 6.33. The Labute approximate surface area is 117 Å². The molecule has 1 saturated carbocycles. The number of hydrogen-bond donors (Lipinski definition) is 1. The van der Waals surface area contributed by atoms with Crippen LogP contribution in [0, 0.1) is 19.3 Å². The average Bonchev–Trinajstić information content (AvgIpc) is 2.63. The van der Waals surface area contributed by atoms with Crippen LogP contribution in [0.25, 0.3) is 0 Å². The molecule has 0 aliphatic heterocycles. The first-order chi connectivity index (χ1) is 8.95. The zero-order chi connectivity index (χ0) is 14.0. The van der Waals surface area contributed by atoms with Crippen LogP contribution in [0.4, 0.5) is 0 Å². The molecule has 1 aliphatic rings. The fourth-order valence-corrected chi connectivity index (χ4v) is 3.11. The monoisotopic (exact) mass is 261 g/mol. The van der Waals surface area contributed by atoms with Crippen LogP contribution < -0.4 is 10.1 Å². The number of rotatable bonds is 4. The van der Waals surface area contributed by atoms with Gasteiger partial charge in [-0.2, -0.15) is 0 Å². The Morgan fingerprint density at radius 3 is 2.74 bits per heavy atom. The maximum absolute atomic E-state index is 6.33. The van der Waals surface area contributed by atoms with E-state index in [1.54, 1.807) is 0 Å². The molecular formula is C17H27NO. The molecule has 0 spiro atoms. The molecular weight excluding hydrogens is 234 g/mol. The zero-order valence-corrected chi connectivity index (χ0v) is 12.9. The minimum Gasteiger partial charge on any atom is -0.489 e. The predicted molar refractivity (Wildman–Crippen MR) is 80.8 cm³/mol. The molecule has 0 aromatic heterocycles. The van der Waals surface area contributed by atoms with Crippen molar-refractivity contribution in [2.75, 3.05) is 6.54 Å². The summed E-state index contributed by atoms with van der Waals surface area (Å²) in [5.74, 6) is 1.05. The van der Waals surface area contributed by atoms with Crippen molar-refractivity contribution in [2.24, 2.45) is 5.41 Å². The van der Waals surface area contributed by atoms with Crippen LogP contribution in [0.2, 0.25) is 0 Å². The van der Waals surface area contributed by atoms with Gasteiger partial charge in [0, 0.05) is 6.04 Å². The van der Waals surface area contributed by atoms with Crippen molar-refractivity contribution >= 4 is 0 Å². The first-order valence-electron chi connectivity index (χ1n) is 7.42. The van der Waals surface area contributed by atoms with Crippen molar-refractivity contribution in [3.63, 3.8) is 0 Å². The minimum absolute atomic E-state index is 0.287. The van der Waals surface area contributed by atoms with Crippen molar-refractivity contribution in [2.45, 2.75) is 59.6 Å². The number of ether oxygens (including phenoxy) is 1. The van der Waals surface area contributed by atoms with E-state index in [4.69, 9.17) is 4.74 Å². The summed E-state index contributed by atoms with van der Waals surface area (Å²) in [6.45, 7) is 12.1. The van der Waals surface area contributed by atoms with Crippen molar-refractivity contribution < 1.29 is 4.74 Å². The molecule has 2 rings (SSSR count). The third-order valence-corrected chi connectivity index (χ3v) is 4.54. The van der Waals surface area contributed by atoms with E-state index in [2.05, 4.69) is 58.1 Å². The fraction of sp³-hybridized carbons (Fsp3) is 0.647. The molecule has 1 fully saturated rings. The normalized spacial score (nSPS) is 25.5. The Hall–Kier alpha value is -1.02. The molecule has 2 unspecified atom stereocenters. The number of likely N-dealkylation sites (N-methyl/N-ethyl adjacent to an activating group) is 1. The van der Waals surface area contributed by atoms with E-state index in [0.29, 0.717) is 11.5 Å². The number of aryl methyl sites for hydroxylation is 1. The largest absolute Gasteiger partial charge is 0.489 e. The third kappa shape index (κ3) is 2.94. The van der Waals surface area contributed by atoms with E-state index in [1.807, 2.05) is 0 Å². The van der Waals surface area contributed by atoms with Gasteiger partial charge in [0.1, 0.15) is 11.9 Å². The lowest BCUT2D eigenvalue weighted by Crippen LogP contribution is -2.46. The second-order valence-electron chi connectivity index (χ2n) is 6.42. The molecule has 1 N–H and O–H groups in total. The molecule has 2 nitrogen and oxygen atoms in total. The number of nitrogens with one attached hydrogen (secondary N) is 1. The van der Waals surface area contributed by atoms with Crippen molar-refractivity contribution in [3.8, 4) is 5.75 Å². The van der Waals surface area contributed by atoms with Gasteiger partial charge in [0.15, 0.2) is 0 Å². The van der Waals surface area contributed by atoms with Crippen molar-refractivity contribution in [1.29, 1.82) is 0 Å². The van der Waals surface area contributed by atoms with E-state index in [9.17, 15) is 0 Å². The molecule has 1 aromatic carbocycles. The maximum Gasteiger partial charge on any atom is 0.122 e. The van der Waals surface area contributed by atoms with Gasteiger partial charge in [0.2, 0.25) is 0 Å². The molecule has 0 saturated heterocycles. The van der Waals surface area contributed by atoms with Crippen molar-refractivity contribution in [1.82, 2.24) is 5.32 Å². The summed E-state index contributed by atoms with van der Waals surface area (Å²) in [5.41, 5.74) is 2.88. The van der Waals surface area contributed by atoms with Gasteiger partial charge in [-0.3, -0.25) is 0 Å². The molecule has 19 heavy (non-hydrogen) atoms. The molecule has 0 heterocycles. The highest BCUT2D eigenvalue weighted by molar-refractivity contribution is 5.38. The summed E-state index contributed by atoms with van der Waals surface area (Å²) in [7, 11) is 0. The zero-order valence-electron chi connectivity index (χ0n) is 12.9. The number of benzene rings is 1. The summed E-state index contributed by atoms with van der Waals surface area (Å²) in [6.07, 6.45) is 2.65. The first-order valence-corrected chi connectivity index (χ1v) is 7.42. The Bertz CT molecular complexity index is 439. The molecule has 106 valence electrons. The molecule has 0 bridgehead atoms. The lowest BCUT2D eigenvalue weighted by atomic mass is 9.87. The molecule has 1 aliphatic carbocycles. The predicted octanol–water partition coefficient (Wildman–Crippen LogP) is 3.85. The highest BCUT2D eigenvalue weighted by Crippen LogP contribution is 2.39. The van der Waals surface area contributed by atoms with E-state index >= 15 is 0 Å².